The van der Waals surface area contributed by atoms with Gasteiger partial charge in [0, 0.05) is 12.5 Å². The molecule has 0 aromatic heterocycles. The maximum atomic E-state index is 11.2. The van der Waals surface area contributed by atoms with Gasteiger partial charge < -0.3 is 20.8 Å². The third-order valence-electron chi connectivity index (χ3n) is 1.93. The van der Waals surface area contributed by atoms with Crippen LogP contribution >= 0.6 is 0 Å². The van der Waals surface area contributed by atoms with Crippen LogP contribution in [0.5, 0.6) is 0 Å². The Morgan fingerprint density at radius 1 is 1.50 bits per heavy atom. The molecule has 4 N–H and O–H groups in total. The quantitative estimate of drug-likeness (QED) is 0.462. The van der Waals surface area contributed by atoms with Crippen molar-refractivity contribution < 1.29 is 19.8 Å². The lowest BCUT2D eigenvalue weighted by atomic mass is 10.2. The van der Waals surface area contributed by atoms with Crippen LogP contribution < -0.4 is 10.6 Å². The Balaban J connectivity index is 3.90. The predicted octanol–water partition coefficient (Wildman–Crippen LogP) is -0.467. The van der Waals surface area contributed by atoms with Gasteiger partial charge in [0.2, 0.25) is 0 Å². The number of rotatable bonds is 6. The van der Waals surface area contributed by atoms with Gasteiger partial charge in [0.1, 0.15) is 0 Å². The second-order valence-corrected chi connectivity index (χ2v) is 3.22. The molecular weight excluding hydrogens is 212 g/mol. The van der Waals surface area contributed by atoms with Crippen molar-refractivity contribution in [3.63, 3.8) is 0 Å². The number of carbonyl (C=O) groups is 2. The summed E-state index contributed by atoms with van der Waals surface area (Å²) in [5.74, 6) is 1.04. The van der Waals surface area contributed by atoms with E-state index in [0.29, 0.717) is 12.8 Å². The summed E-state index contributed by atoms with van der Waals surface area (Å²) >= 11 is 0. The van der Waals surface area contributed by atoms with E-state index in [1.165, 1.54) is 0 Å². The van der Waals surface area contributed by atoms with Gasteiger partial charge in [0.15, 0.2) is 6.10 Å². The Labute approximate surface area is 94.0 Å². The minimum absolute atomic E-state index is 0.146. The molecule has 0 radical (unpaired) electrons. The van der Waals surface area contributed by atoms with Crippen LogP contribution in [0, 0.1) is 12.3 Å². The lowest BCUT2D eigenvalue weighted by Crippen LogP contribution is -2.45. The predicted molar refractivity (Wildman–Crippen MR) is 57.7 cm³/mol. The number of amides is 2. The van der Waals surface area contributed by atoms with E-state index in [2.05, 4.69) is 16.6 Å². The van der Waals surface area contributed by atoms with E-state index in [1.807, 2.05) is 6.92 Å². The fourth-order valence-corrected chi connectivity index (χ4v) is 0.953. The number of carboxylic acid groups (broad SMARTS) is 1. The van der Waals surface area contributed by atoms with Crippen molar-refractivity contribution >= 4 is 12.0 Å². The Bertz CT molecular complexity index is 285. The molecule has 2 amide bonds. The molecule has 1 unspecified atom stereocenters. The van der Waals surface area contributed by atoms with Gasteiger partial charge in [-0.1, -0.05) is 6.92 Å². The minimum atomic E-state index is -1.60. The van der Waals surface area contributed by atoms with E-state index >= 15 is 0 Å². The van der Waals surface area contributed by atoms with Crippen molar-refractivity contribution in [2.75, 3.05) is 6.54 Å². The first kappa shape index (κ1) is 14.3. The van der Waals surface area contributed by atoms with Crippen molar-refractivity contribution in [1.29, 1.82) is 0 Å². The molecule has 2 atom stereocenters. The summed E-state index contributed by atoms with van der Waals surface area (Å²) in [4.78, 5) is 21.5. The van der Waals surface area contributed by atoms with E-state index in [-0.39, 0.29) is 12.6 Å². The third-order valence-corrected chi connectivity index (χ3v) is 1.93. The highest BCUT2D eigenvalue weighted by molar-refractivity contribution is 5.76. The van der Waals surface area contributed by atoms with Gasteiger partial charge in [0.05, 0.1) is 6.54 Å². The molecule has 90 valence electrons. The van der Waals surface area contributed by atoms with Crippen molar-refractivity contribution in [3.8, 4) is 12.3 Å². The fraction of sp³-hybridized carbons (Fsp3) is 0.600. The van der Waals surface area contributed by atoms with Crippen LogP contribution in [-0.2, 0) is 4.79 Å². The van der Waals surface area contributed by atoms with E-state index in [0.717, 1.165) is 0 Å². The molecular formula is C10H16N2O4. The van der Waals surface area contributed by atoms with Crippen molar-refractivity contribution in [1.82, 2.24) is 10.6 Å². The van der Waals surface area contributed by atoms with Gasteiger partial charge in [-0.05, 0) is 6.42 Å². The monoisotopic (exact) mass is 228 g/mol. The Morgan fingerprint density at radius 3 is 2.56 bits per heavy atom. The maximum Gasteiger partial charge on any atom is 0.334 e. The second-order valence-electron chi connectivity index (χ2n) is 3.22. The molecule has 0 aliphatic rings. The van der Waals surface area contributed by atoms with Crippen LogP contribution in [0.15, 0.2) is 0 Å². The normalized spacial score (nSPS) is 13.3. The number of carboxylic acids is 1. The molecule has 0 saturated carbocycles. The van der Waals surface area contributed by atoms with Gasteiger partial charge in [-0.3, -0.25) is 0 Å². The zero-order valence-electron chi connectivity index (χ0n) is 9.06. The van der Waals surface area contributed by atoms with Crippen LogP contribution in [0.1, 0.15) is 19.8 Å². The number of hydrogen-bond donors (Lipinski definition) is 4. The lowest BCUT2D eigenvalue weighted by Gasteiger charge is -2.15. The summed E-state index contributed by atoms with van der Waals surface area (Å²) in [5, 5.41) is 22.1. The van der Waals surface area contributed by atoms with E-state index in [9.17, 15) is 9.59 Å². The molecule has 16 heavy (non-hydrogen) atoms. The first-order valence-corrected chi connectivity index (χ1v) is 4.90. The zero-order valence-corrected chi connectivity index (χ0v) is 9.06. The minimum Gasteiger partial charge on any atom is -0.479 e. The van der Waals surface area contributed by atoms with Crippen LogP contribution in [-0.4, -0.2) is 40.9 Å². The van der Waals surface area contributed by atoms with Crippen molar-refractivity contribution in [2.45, 2.75) is 31.9 Å². The van der Waals surface area contributed by atoms with Crippen molar-refractivity contribution in [2.24, 2.45) is 0 Å². The van der Waals surface area contributed by atoms with E-state index in [1.54, 1.807) is 0 Å². The molecule has 0 bridgehead atoms. The molecule has 6 nitrogen and oxygen atoms in total. The van der Waals surface area contributed by atoms with Gasteiger partial charge in [-0.15, -0.1) is 12.3 Å². The largest absolute Gasteiger partial charge is 0.479 e. The van der Waals surface area contributed by atoms with E-state index < -0.39 is 18.1 Å². The van der Waals surface area contributed by atoms with Gasteiger partial charge in [0.25, 0.3) is 0 Å². The molecule has 0 aliphatic heterocycles. The van der Waals surface area contributed by atoms with Crippen molar-refractivity contribution in [3.05, 3.63) is 0 Å². The summed E-state index contributed by atoms with van der Waals surface area (Å²) in [7, 11) is 0. The number of carbonyl (C=O) groups excluding carboxylic acids is 1. The average molecular weight is 228 g/mol. The highest BCUT2D eigenvalue weighted by Crippen LogP contribution is 1.95. The summed E-state index contributed by atoms with van der Waals surface area (Å²) < 4.78 is 0. The topological polar surface area (TPSA) is 98.7 Å². The molecule has 6 heteroatoms. The van der Waals surface area contributed by atoms with E-state index in [4.69, 9.17) is 16.6 Å². The first-order valence-electron chi connectivity index (χ1n) is 4.90. The highest BCUT2D eigenvalue weighted by atomic mass is 16.4. The highest BCUT2D eigenvalue weighted by Gasteiger charge is 2.15. The summed E-state index contributed by atoms with van der Waals surface area (Å²) in [5.41, 5.74) is 0. The molecule has 0 saturated heterocycles. The summed E-state index contributed by atoms with van der Waals surface area (Å²) in [6.07, 6.45) is 4.59. The number of aliphatic hydroxyl groups is 1. The first-order chi connectivity index (χ1) is 7.51. The lowest BCUT2D eigenvalue weighted by molar-refractivity contribution is -0.146. The number of aliphatic hydroxyl groups excluding tert-OH is 1. The average Bonchev–Trinajstić information content (AvgIpc) is 2.24. The fourth-order valence-electron chi connectivity index (χ4n) is 0.953. The third kappa shape index (κ3) is 5.88. The molecule has 0 fully saturated rings. The number of urea groups is 1. The smallest absolute Gasteiger partial charge is 0.334 e. The Morgan fingerprint density at radius 2 is 2.12 bits per heavy atom. The molecule has 0 aromatic carbocycles. The SMILES string of the molecule is C#CCC(CC)NC(=O)NC[C@H](O)C(=O)O. The molecule has 0 heterocycles. The molecule has 0 aromatic rings. The summed E-state index contributed by atoms with van der Waals surface area (Å²) in [6, 6.07) is -0.686. The van der Waals surface area contributed by atoms with Crippen LogP contribution in [0.25, 0.3) is 0 Å². The van der Waals surface area contributed by atoms with Crippen LogP contribution in [0.3, 0.4) is 0 Å². The second kappa shape index (κ2) is 7.54. The number of hydrogen-bond acceptors (Lipinski definition) is 3. The van der Waals surface area contributed by atoms with Gasteiger partial charge in [-0.2, -0.15) is 0 Å². The van der Waals surface area contributed by atoms with Gasteiger partial charge >= 0.3 is 12.0 Å². The number of nitrogens with one attached hydrogen (secondary N) is 2. The zero-order chi connectivity index (χ0) is 12.6. The maximum absolute atomic E-state index is 11.2. The molecule has 0 rings (SSSR count). The summed E-state index contributed by atoms with van der Waals surface area (Å²) in [6.45, 7) is 1.53. The standard InChI is InChI=1S/C10H16N2O4/c1-3-5-7(4-2)12-10(16)11-6-8(13)9(14)15/h1,7-8,13H,4-6H2,2H3,(H,14,15)(H2,11,12,16)/t7?,8-/m0/s1. The number of terminal acetylenes is 1. The molecule has 0 aliphatic carbocycles. The number of aliphatic carboxylic acids is 1. The van der Waals surface area contributed by atoms with Crippen LogP contribution in [0.2, 0.25) is 0 Å². The van der Waals surface area contributed by atoms with Gasteiger partial charge in [-0.25, -0.2) is 9.59 Å². The Kier molecular flexibility index (Phi) is 6.72. The molecule has 0 spiro atoms. The van der Waals surface area contributed by atoms with Crippen LogP contribution in [0.4, 0.5) is 4.79 Å². The Hall–Kier alpha value is -1.74.